The smallest absolute Gasteiger partial charge is 0.161 e. The molecule has 4 nitrogen and oxygen atoms in total. The van der Waals surface area contributed by atoms with Gasteiger partial charge >= 0.3 is 0 Å². The van der Waals surface area contributed by atoms with Gasteiger partial charge < -0.3 is 0 Å². The van der Waals surface area contributed by atoms with Crippen LogP contribution in [0.2, 0.25) is 0 Å². The number of aromatic nitrogens is 4. The van der Waals surface area contributed by atoms with Gasteiger partial charge in [0.25, 0.3) is 0 Å². The van der Waals surface area contributed by atoms with Gasteiger partial charge in [-0.3, -0.25) is 0 Å². The van der Waals surface area contributed by atoms with Crippen LogP contribution in [0.5, 0.6) is 0 Å². The predicted molar refractivity (Wildman–Crippen MR) is 49.0 cm³/mol. The van der Waals surface area contributed by atoms with E-state index >= 15 is 0 Å². The van der Waals surface area contributed by atoms with Gasteiger partial charge in [-0.25, -0.2) is 14.6 Å². The number of nitrogens with zero attached hydrogens (tertiary/aromatic N) is 4. The summed E-state index contributed by atoms with van der Waals surface area (Å²) in [4.78, 5) is 8.00. The summed E-state index contributed by atoms with van der Waals surface area (Å²) >= 11 is 2.17. The topological polar surface area (TPSA) is 43.6 Å². The normalized spacial score (nSPS) is 10.7. The Hall–Kier alpha value is -0.720. The lowest BCUT2D eigenvalue weighted by Gasteiger charge is -1.88. The second kappa shape index (κ2) is 2.40. The third-order valence-electron chi connectivity index (χ3n) is 1.46. The number of halogens is 1. The van der Waals surface area contributed by atoms with Gasteiger partial charge in [0.1, 0.15) is 10.0 Å². The molecule has 0 unspecified atom stereocenters. The summed E-state index contributed by atoms with van der Waals surface area (Å²) in [5, 5.41) is 5.20. The molecule has 0 radical (unpaired) electrons. The third kappa shape index (κ3) is 0.991. The summed E-state index contributed by atoms with van der Waals surface area (Å²) < 4.78 is 2.69. The molecule has 2 aromatic heterocycles. The molecule has 0 N–H and O–H groups in total. The van der Waals surface area contributed by atoms with Crippen molar-refractivity contribution in [2.75, 3.05) is 0 Å². The van der Waals surface area contributed by atoms with E-state index in [9.17, 15) is 0 Å². The maximum Gasteiger partial charge on any atom is 0.161 e. The van der Waals surface area contributed by atoms with E-state index in [4.69, 9.17) is 0 Å². The van der Waals surface area contributed by atoms with Crippen LogP contribution in [0.1, 0.15) is 0 Å². The zero-order valence-electron chi connectivity index (χ0n) is 5.82. The van der Waals surface area contributed by atoms with Gasteiger partial charge in [0.2, 0.25) is 0 Å². The van der Waals surface area contributed by atoms with Crippen LogP contribution in [0, 0.1) is 3.70 Å². The highest BCUT2D eigenvalue weighted by molar-refractivity contribution is 14.1. The maximum atomic E-state index is 4.19. The second-order valence-corrected chi connectivity index (χ2v) is 3.20. The average Bonchev–Trinajstić information content (AvgIpc) is 2.30. The van der Waals surface area contributed by atoms with Crippen molar-refractivity contribution in [3.05, 3.63) is 16.2 Å². The van der Waals surface area contributed by atoms with Crippen molar-refractivity contribution in [3.8, 4) is 0 Å². The van der Waals surface area contributed by atoms with E-state index in [0.29, 0.717) is 0 Å². The van der Waals surface area contributed by atoms with Crippen molar-refractivity contribution in [1.82, 2.24) is 19.7 Å². The van der Waals surface area contributed by atoms with Gasteiger partial charge in [0.15, 0.2) is 5.65 Å². The highest BCUT2D eigenvalue weighted by Gasteiger charge is 2.04. The summed E-state index contributed by atoms with van der Waals surface area (Å²) in [5.41, 5.74) is 0.879. The minimum atomic E-state index is 0.879. The fraction of sp³-hybridized carbons (Fsp3) is 0.167. The van der Waals surface area contributed by atoms with Gasteiger partial charge in [-0.2, -0.15) is 5.10 Å². The van der Waals surface area contributed by atoms with Crippen LogP contribution in [0.3, 0.4) is 0 Å². The molecule has 0 aliphatic rings. The van der Waals surface area contributed by atoms with E-state index in [2.05, 4.69) is 37.7 Å². The Labute approximate surface area is 76.8 Å². The molecule has 0 amide bonds. The first-order chi connectivity index (χ1) is 5.29. The molecule has 0 bridgehead atoms. The van der Waals surface area contributed by atoms with Crippen LogP contribution in [-0.2, 0) is 7.05 Å². The highest BCUT2D eigenvalue weighted by atomic mass is 127. The molecule has 5 heteroatoms. The maximum absolute atomic E-state index is 4.19. The Bertz CT molecular complexity index is 358. The van der Waals surface area contributed by atoms with Crippen LogP contribution in [-0.4, -0.2) is 19.7 Å². The van der Waals surface area contributed by atoms with Crippen LogP contribution >= 0.6 is 22.6 Å². The van der Waals surface area contributed by atoms with Crippen LogP contribution in [0.25, 0.3) is 11.0 Å². The first-order valence-corrected chi connectivity index (χ1v) is 4.15. The van der Waals surface area contributed by atoms with Crippen LogP contribution < -0.4 is 0 Å². The van der Waals surface area contributed by atoms with Crippen molar-refractivity contribution in [1.29, 1.82) is 0 Å². The predicted octanol–water partition coefficient (Wildman–Crippen LogP) is 0.968. The van der Waals surface area contributed by atoms with Gasteiger partial charge in [-0.1, -0.05) is 0 Å². The molecular formula is C6H5IN4. The molecule has 0 aromatic carbocycles. The van der Waals surface area contributed by atoms with E-state index in [-0.39, 0.29) is 0 Å². The van der Waals surface area contributed by atoms with Gasteiger partial charge in [-0.15, -0.1) is 0 Å². The number of rotatable bonds is 0. The molecule has 11 heavy (non-hydrogen) atoms. The summed E-state index contributed by atoms with van der Waals surface area (Å²) in [7, 11) is 1.87. The fourth-order valence-corrected chi connectivity index (χ4v) is 1.66. The first kappa shape index (κ1) is 6.96. The summed E-state index contributed by atoms with van der Waals surface area (Å²) in [5.74, 6) is 0. The lowest BCUT2D eigenvalue weighted by Crippen LogP contribution is -1.91. The van der Waals surface area contributed by atoms with Gasteiger partial charge in [0.05, 0.1) is 5.39 Å². The van der Waals surface area contributed by atoms with Gasteiger partial charge in [0, 0.05) is 13.2 Å². The van der Waals surface area contributed by atoms with Crippen molar-refractivity contribution < 1.29 is 0 Å². The SMILES string of the molecule is Cn1nc(I)c2cncnc21. The largest absolute Gasteiger partial charge is 0.249 e. The Kier molecular flexibility index (Phi) is 1.52. The first-order valence-electron chi connectivity index (χ1n) is 3.07. The molecule has 0 aliphatic heterocycles. The van der Waals surface area contributed by atoms with Crippen molar-refractivity contribution in [2.24, 2.45) is 7.05 Å². The Morgan fingerprint density at radius 1 is 1.55 bits per heavy atom. The number of fused-ring (bicyclic) bond motifs is 1. The Morgan fingerprint density at radius 3 is 3.09 bits per heavy atom. The minimum absolute atomic E-state index is 0.879. The molecule has 2 aromatic rings. The van der Waals surface area contributed by atoms with Crippen LogP contribution in [0.4, 0.5) is 0 Å². The standard InChI is InChI=1S/C6H5IN4/c1-11-6-4(5(7)10-11)2-8-3-9-6/h2-3H,1H3. The molecule has 0 aliphatic carbocycles. The number of hydrogen-bond donors (Lipinski definition) is 0. The van der Waals surface area contributed by atoms with Gasteiger partial charge in [-0.05, 0) is 22.6 Å². The van der Waals surface area contributed by atoms with E-state index < -0.39 is 0 Å². The second-order valence-electron chi connectivity index (χ2n) is 2.17. The Morgan fingerprint density at radius 2 is 2.36 bits per heavy atom. The molecule has 0 fully saturated rings. The zero-order chi connectivity index (χ0) is 7.84. The summed E-state index contributed by atoms with van der Waals surface area (Å²) in [6.07, 6.45) is 3.30. The lowest BCUT2D eigenvalue weighted by molar-refractivity contribution is 0.776. The quantitative estimate of drug-likeness (QED) is 0.663. The Balaban J connectivity index is 2.95. The molecule has 0 atom stereocenters. The van der Waals surface area contributed by atoms with Crippen LogP contribution in [0.15, 0.2) is 12.5 Å². The van der Waals surface area contributed by atoms with E-state index in [0.717, 1.165) is 14.7 Å². The van der Waals surface area contributed by atoms with E-state index in [1.54, 1.807) is 10.9 Å². The zero-order valence-corrected chi connectivity index (χ0v) is 7.98. The minimum Gasteiger partial charge on any atom is -0.249 e. The fourth-order valence-electron chi connectivity index (χ4n) is 0.959. The van der Waals surface area contributed by atoms with Crippen molar-refractivity contribution in [3.63, 3.8) is 0 Å². The molecule has 0 spiro atoms. The van der Waals surface area contributed by atoms with E-state index in [1.165, 1.54) is 6.33 Å². The average molecular weight is 260 g/mol. The number of hydrogen-bond acceptors (Lipinski definition) is 3. The highest BCUT2D eigenvalue weighted by Crippen LogP contribution is 2.14. The molecule has 2 heterocycles. The van der Waals surface area contributed by atoms with Crippen molar-refractivity contribution >= 4 is 33.6 Å². The van der Waals surface area contributed by atoms with E-state index in [1.807, 2.05) is 7.05 Å². The van der Waals surface area contributed by atoms with Crippen molar-refractivity contribution in [2.45, 2.75) is 0 Å². The molecule has 2 rings (SSSR count). The molecule has 0 saturated carbocycles. The summed E-state index contributed by atoms with van der Waals surface area (Å²) in [6.45, 7) is 0. The lowest BCUT2D eigenvalue weighted by atomic mass is 10.4. The molecule has 0 saturated heterocycles. The monoisotopic (exact) mass is 260 g/mol. The third-order valence-corrected chi connectivity index (χ3v) is 2.25. The molecule has 56 valence electrons. The summed E-state index contributed by atoms with van der Waals surface area (Å²) in [6, 6.07) is 0. The number of aryl methyl sites for hydroxylation is 1. The molecular weight excluding hydrogens is 255 g/mol.